The number of rotatable bonds is 22. The van der Waals surface area contributed by atoms with Crippen LogP contribution in [0, 0.1) is 27.7 Å². The minimum absolute atomic E-state index is 0.134. The van der Waals surface area contributed by atoms with Gasteiger partial charge in [-0.15, -0.1) is 0 Å². The minimum Gasteiger partial charge on any atom is -0.508 e. The van der Waals surface area contributed by atoms with E-state index in [2.05, 4.69) is 51.8 Å². The second kappa shape index (κ2) is 26.7. The maximum absolute atomic E-state index is 13.0. The lowest BCUT2D eigenvalue weighted by Gasteiger charge is -2.18. The number of nitrogens with one attached hydrogen (secondary N) is 6. The van der Waals surface area contributed by atoms with Crippen molar-refractivity contribution in [2.75, 3.05) is 43.9 Å². The molecule has 0 aliphatic carbocycles. The van der Waals surface area contributed by atoms with Crippen LogP contribution >= 0.6 is 22.7 Å². The molecule has 0 saturated carbocycles. The van der Waals surface area contributed by atoms with Gasteiger partial charge in [-0.3, -0.25) is 19.2 Å². The van der Waals surface area contributed by atoms with Crippen molar-refractivity contribution < 1.29 is 48.8 Å². The lowest BCUT2D eigenvalue weighted by molar-refractivity contribution is -0.142. The van der Waals surface area contributed by atoms with Gasteiger partial charge in [0, 0.05) is 48.1 Å². The summed E-state index contributed by atoms with van der Waals surface area (Å²) in [4.78, 5) is 91.4. The summed E-state index contributed by atoms with van der Waals surface area (Å²) in [5, 5.41) is 51.9. The number of thiophene rings is 2. The highest BCUT2D eigenvalue weighted by atomic mass is 32.1. The second-order valence-electron chi connectivity index (χ2n) is 15.9. The summed E-state index contributed by atoms with van der Waals surface area (Å²) in [5.74, 6) is -2.67. The van der Waals surface area contributed by atoms with E-state index in [9.17, 15) is 44.1 Å². The van der Waals surface area contributed by atoms with Gasteiger partial charge in [-0.1, -0.05) is 24.3 Å². The number of phenolic OH excluding ortho intramolecular Hbond substituents is 2. The molecule has 2 atom stereocenters. The third-order valence-electron chi connectivity index (χ3n) is 10.6. The molecule has 6 aromatic rings. The number of ether oxygens (including phenoxy) is 1. The zero-order chi connectivity index (χ0) is 51.5. The van der Waals surface area contributed by atoms with E-state index in [0.717, 1.165) is 36.8 Å². The maximum atomic E-state index is 13.0. The molecule has 0 radical (unpaired) electrons. The summed E-state index contributed by atoms with van der Waals surface area (Å²) in [5.41, 5.74) is 5.08. The number of anilines is 2. The van der Waals surface area contributed by atoms with Crippen molar-refractivity contribution in [2.24, 2.45) is 0 Å². The van der Waals surface area contributed by atoms with Crippen molar-refractivity contribution in [1.29, 1.82) is 0 Å². The van der Waals surface area contributed by atoms with Crippen LogP contribution in [0.15, 0.2) is 82.2 Å². The highest BCUT2D eigenvalue weighted by Crippen LogP contribution is 2.17. The molecule has 0 saturated heterocycles. The van der Waals surface area contributed by atoms with Crippen LogP contribution < -0.4 is 31.9 Å². The van der Waals surface area contributed by atoms with Gasteiger partial charge in [-0.25, -0.2) is 29.5 Å². The number of aromatic nitrogens is 4. The van der Waals surface area contributed by atoms with Crippen LogP contribution in [0.4, 0.5) is 11.9 Å². The Morgan fingerprint density at radius 2 is 1.00 bits per heavy atom. The standard InChI is InChI=1S/C25H29N5O5S.C24H27N5O5S/c1-15-21(16(2)29-25(28-15)26-10-5-7-17-6-4-8-19(31)12-17)23(33)30-20(24(34)35-3)13-27-22(32)18-9-11-36-14-18;1-14-20(22(32)29-19(23(33)34)12-26-21(31)17-8-10-35-13-17)15(2)28-24(27-14)25-9-4-6-16-5-3-7-18(30)11-16/h4,6,8-9,11-12,14,20,31H,5,7,10,13H2,1-3H3,(H,27,32)(H,30,33)(H,26,28,29);3,5,7-8,10-11,13,19,30H,4,6,9,12H2,1-2H3,(H,26,31)(H,29,32)(H,33,34)(H,25,27,28)/t20-;19-/m00/s1. The summed E-state index contributed by atoms with van der Waals surface area (Å²) < 4.78 is 4.79. The first-order valence-corrected chi connectivity index (χ1v) is 24.2. The molecular weight excluding hydrogens is 953 g/mol. The average Bonchev–Trinajstić information content (AvgIpc) is 4.08. The monoisotopic (exact) mass is 1010 g/mol. The Labute approximate surface area is 417 Å². The number of benzene rings is 2. The number of carboxylic acid groups (broad SMARTS) is 1. The number of carbonyl (C=O) groups is 6. The Bertz CT molecular complexity index is 2740. The molecule has 0 aliphatic heterocycles. The van der Waals surface area contributed by atoms with Gasteiger partial charge in [-0.2, -0.15) is 22.7 Å². The number of methoxy groups -OCH3 is 1. The molecule has 374 valence electrons. The number of hydrogen-bond donors (Lipinski definition) is 9. The molecule has 71 heavy (non-hydrogen) atoms. The molecule has 4 heterocycles. The van der Waals surface area contributed by atoms with Crippen LogP contribution in [0.5, 0.6) is 11.5 Å². The molecule has 22 heteroatoms. The van der Waals surface area contributed by atoms with E-state index in [1.165, 1.54) is 29.8 Å². The van der Waals surface area contributed by atoms with Gasteiger partial charge in [-0.05, 0) is 112 Å². The smallest absolute Gasteiger partial charge is 0.330 e. The third kappa shape index (κ3) is 16.6. The van der Waals surface area contributed by atoms with E-state index in [0.29, 0.717) is 58.9 Å². The molecule has 6 rings (SSSR count). The van der Waals surface area contributed by atoms with Crippen molar-refractivity contribution in [3.05, 3.63) is 138 Å². The summed E-state index contributed by atoms with van der Waals surface area (Å²) in [6.07, 6.45) is 3.12. The van der Waals surface area contributed by atoms with Crippen LogP contribution in [-0.4, -0.2) is 116 Å². The first kappa shape index (κ1) is 54.0. The Morgan fingerprint density at radius 3 is 1.37 bits per heavy atom. The van der Waals surface area contributed by atoms with E-state index in [-0.39, 0.29) is 41.6 Å². The molecule has 0 bridgehead atoms. The van der Waals surface area contributed by atoms with Gasteiger partial charge in [0.2, 0.25) is 11.9 Å². The molecule has 0 aliphatic rings. The number of esters is 1. The molecule has 4 amide bonds. The number of amides is 4. The molecule has 0 spiro atoms. The van der Waals surface area contributed by atoms with Gasteiger partial charge in [0.1, 0.15) is 23.6 Å². The molecule has 2 aromatic carbocycles. The second-order valence-corrected chi connectivity index (χ2v) is 17.5. The Balaban J connectivity index is 0.000000264. The number of nitrogens with zero attached hydrogens (tertiary/aromatic N) is 4. The Kier molecular flexibility index (Phi) is 20.3. The lowest BCUT2D eigenvalue weighted by atomic mass is 10.1. The van der Waals surface area contributed by atoms with Crippen LogP contribution in [0.3, 0.4) is 0 Å². The number of carboxylic acids is 1. The fourth-order valence-corrected chi connectivity index (χ4v) is 8.31. The maximum Gasteiger partial charge on any atom is 0.330 e. The largest absolute Gasteiger partial charge is 0.508 e. The zero-order valence-electron chi connectivity index (χ0n) is 39.7. The number of phenols is 2. The summed E-state index contributed by atoms with van der Waals surface area (Å²) in [7, 11) is 1.21. The molecule has 0 unspecified atom stereocenters. The van der Waals surface area contributed by atoms with Crippen LogP contribution in [0.25, 0.3) is 0 Å². The summed E-state index contributed by atoms with van der Waals surface area (Å²) in [6, 6.07) is 15.1. The normalized spacial score (nSPS) is 11.5. The van der Waals surface area contributed by atoms with Gasteiger partial charge >= 0.3 is 11.9 Å². The fourth-order valence-electron chi connectivity index (χ4n) is 7.03. The Hall–Kier alpha value is -7.98. The lowest BCUT2D eigenvalue weighted by Crippen LogP contribution is -2.49. The van der Waals surface area contributed by atoms with Crippen LogP contribution in [0.2, 0.25) is 0 Å². The van der Waals surface area contributed by atoms with E-state index in [1.807, 2.05) is 12.1 Å². The zero-order valence-corrected chi connectivity index (χ0v) is 41.3. The van der Waals surface area contributed by atoms with E-state index >= 15 is 0 Å². The van der Waals surface area contributed by atoms with Crippen molar-refractivity contribution in [3.63, 3.8) is 0 Å². The van der Waals surface area contributed by atoms with Gasteiger partial charge in [0.05, 0.1) is 41.0 Å². The summed E-state index contributed by atoms with van der Waals surface area (Å²) in [6.45, 7) is 7.46. The topological polar surface area (TPSA) is 296 Å². The van der Waals surface area contributed by atoms with Crippen molar-refractivity contribution in [2.45, 2.75) is 65.5 Å². The third-order valence-corrected chi connectivity index (χ3v) is 11.9. The van der Waals surface area contributed by atoms with Crippen molar-refractivity contribution in [1.82, 2.24) is 41.2 Å². The van der Waals surface area contributed by atoms with Crippen LogP contribution in [-0.2, 0) is 27.2 Å². The predicted octanol–water partition coefficient (Wildman–Crippen LogP) is 5.12. The number of carbonyl (C=O) groups excluding carboxylic acids is 5. The van der Waals surface area contributed by atoms with E-state index in [1.54, 1.807) is 97.7 Å². The molecule has 0 fully saturated rings. The number of aliphatic carboxylic acids is 1. The Morgan fingerprint density at radius 1 is 0.592 bits per heavy atom. The number of hydrogen-bond acceptors (Lipinski definition) is 17. The van der Waals surface area contributed by atoms with E-state index in [4.69, 9.17) is 4.74 Å². The molecule has 4 aromatic heterocycles. The molecule has 9 N–H and O–H groups in total. The van der Waals surface area contributed by atoms with Crippen molar-refractivity contribution >= 4 is 70.1 Å². The summed E-state index contributed by atoms with van der Waals surface area (Å²) >= 11 is 2.73. The van der Waals surface area contributed by atoms with Gasteiger partial charge in [0.25, 0.3) is 23.6 Å². The highest BCUT2D eigenvalue weighted by molar-refractivity contribution is 7.08. The number of aromatic hydroxyl groups is 2. The van der Waals surface area contributed by atoms with Gasteiger partial charge in [0.15, 0.2) is 0 Å². The molecular formula is C49H56N10O10S2. The first-order chi connectivity index (χ1) is 34.0. The predicted molar refractivity (Wildman–Crippen MR) is 268 cm³/mol. The average molecular weight is 1010 g/mol. The minimum atomic E-state index is -1.32. The van der Waals surface area contributed by atoms with Crippen LogP contribution in [0.1, 0.15) is 88.2 Å². The first-order valence-electron chi connectivity index (χ1n) is 22.3. The SMILES string of the molecule is COC(=O)[C@H](CNC(=O)c1ccsc1)NC(=O)c1c(C)nc(NCCCc2cccc(O)c2)nc1C.Cc1nc(NCCCc2cccc(O)c2)nc(C)c1C(=O)N[C@@H](CNC(=O)c1ccsc1)C(=O)O. The van der Waals surface area contributed by atoms with Gasteiger partial charge < -0.3 is 52.0 Å². The highest BCUT2D eigenvalue weighted by Gasteiger charge is 2.27. The number of aryl methyl sites for hydroxylation is 6. The van der Waals surface area contributed by atoms with Crippen molar-refractivity contribution in [3.8, 4) is 11.5 Å². The van der Waals surface area contributed by atoms with E-state index < -0.39 is 41.7 Å². The molecule has 20 nitrogen and oxygen atoms in total. The fraction of sp³-hybridized carbons (Fsp3) is 0.306. The quantitative estimate of drug-likeness (QED) is 0.0315.